The van der Waals surface area contributed by atoms with Gasteiger partial charge in [0.2, 0.25) is 0 Å². The zero-order chi connectivity index (χ0) is 21.0. The van der Waals surface area contributed by atoms with Crippen LogP contribution in [0.3, 0.4) is 0 Å². The van der Waals surface area contributed by atoms with Gasteiger partial charge in [-0.2, -0.15) is 13.2 Å². The van der Waals surface area contributed by atoms with E-state index in [0.29, 0.717) is 9.75 Å². The standard InChI is InChI=1S/C19H15F3N2O3S2/c20-19(21,22)12-4-1-2-5-13(12)24-18(27)17(26)23-10-11-7-8-15(29-11)16(25)14-6-3-9-28-14/h1-9,16,25H,10H2,(H,23,26)(H,24,27). The van der Waals surface area contributed by atoms with Crippen LogP contribution in [0.15, 0.2) is 53.9 Å². The number of hydrogen-bond acceptors (Lipinski definition) is 5. The molecule has 0 saturated heterocycles. The van der Waals surface area contributed by atoms with Gasteiger partial charge in [-0.3, -0.25) is 9.59 Å². The molecule has 3 N–H and O–H groups in total. The first-order chi connectivity index (χ1) is 13.8. The number of alkyl halides is 3. The Morgan fingerprint density at radius 1 is 1.00 bits per heavy atom. The number of carbonyl (C=O) groups is 2. The van der Waals surface area contributed by atoms with Crippen LogP contribution in [0.4, 0.5) is 18.9 Å². The summed E-state index contributed by atoms with van der Waals surface area (Å²) in [6.45, 7) is 0.00893. The third kappa shape index (κ3) is 5.22. The van der Waals surface area contributed by atoms with Gasteiger partial charge in [-0.25, -0.2) is 0 Å². The molecule has 0 bridgehead atoms. The monoisotopic (exact) mass is 440 g/mol. The van der Waals surface area contributed by atoms with Crippen molar-refractivity contribution < 1.29 is 27.9 Å². The molecule has 3 aromatic rings. The number of thiophene rings is 2. The minimum absolute atomic E-state index is 0.00893. The summed E-state index contributed by atoms with van der Waals surface area (Å²) < 4.78 is 38.9. The predicted molar refractivity (Wildman–Crippen MR) is 105 cm³/mol. The van der Waals surface area contributed by atoms with Gasteiger partial charge in [-0.05, 0) is 35.7 Å². The quantitative estimate of drug-likeness (QED) is 0.521. The normalized spacial score (nSPS) is 12.4. The minimum atomic E-state index is -4.66. The van der Waals surface area contributed by atoms with Crippen molar-refractivity contribution in [1.82, 2.24) is 5.32 Å². The van der Waals surface area contributed by atoms with E-state index in [-0.39, 0.29) is 6.54 Å². The van der Waals surface area contributed by atoms with Crippen molar-refractivity contribution in [2.45, 2.75) is 18.8 Å². The Morgan fingerprint density at radius 3 is 2.45 bits per heavy atom. The number of carbonyl (C=O) groups excluding carboxylic acids is 2. The zero-order valence-electron chi connectivity index (χ0n) is 14.7. The molecule has 29 heavy (non-hydrogen) atoms. The maximum Gasteiger partial charge on any atom is 0.418 e. The highest BCUT2D eigenvalue weighted by Gasteiger charge is 2.34. The lowest BCUT2D eigenvalue weighted by Gasteiger charge is -2.13. The zero-order valence-corrected chi connectivity index (χ0v) is 16.3. The summed E-state index contributed by atoms with van der Waals surface area (Å²) in [4.78, 5) is 26.1. The molecule has 2 heterocycles. The first-order valence-electron chi connectivity index (χ1n) is 8.31. The molecule has 10 heteroatoms. The summed E-state index contributed by atoms with van der Waals surface area (Å²) in [7, 11) is 0. The van der Waals surface area contributed by atoms with Crippen molar-refractivity contribution in [1.29, 1.82) is 0 Å². The summed E-state index contributed by atoms with van der Waals surface area (Å²) in [6, 6.07) is 11.5. The molecular formula is C19H15F3N2O3S2. The van der Waals surface area contributed by atoms with Crippen molar-refractivity contribution in [2.24, 2.45) is 0 Å². The number of halogens is 3. The second kappa shape index (κ2) is 8.76. The number of rotatable bonds is 5. The van der Waals surface area contributed by atoms with E-state index in [1.165, 1.54) is 34.8 Å². The molecule has 0 aliphatic carbocycles. The van der Waals surface area contributed by atoms with Gasteiger partial charge in [-0.15, -0.1) is 22.7 Å². The van der Waals surface area contributed by atoms with Gasteiger partial charge >= 0.3 is 18.0 Å². The van der Waals surface area contributed by atoms with E-state index in [1.807, 2.05) is 16.8 Å². The topological polar surface area (TPSA) is 78.4 Å². The van der Waals surface area contributed by atoms with Crippen molar-refractivity contribution in [3.8, 4) is 0 Å². The fraction of sp³-hybridized carbons (Fsp3) is 0.158. The molecule has 0 saturated carbocycles. The van der Waals surface area contributed by atoms with Crippen LogP contribution in [-0.4, -0.2) is 16.9 Å². The van der Waals surface area contributed by atoms with Crippen molar-refractivity contribution >= 4 is 40.2 Å². The number of aliphatic hydroxyl groups is 1. The number of amides is 2. The number of benzene rings is 1. The Balaban J connectivity index is 1.58. The maximum atomic E-state index is 13.0. The fourth-order valence-corrected chi connectivity index (χ4v) is 4.25. The maximum absolute atomic E-state index is 13.0. The van der Waals surface area contributed by atoms with Crippen LogP contribution >= 0.6 is 22.7 Å². The van der Waals surface area contributed by atoms with Gasteiger partial charge in [0.25, 0.3) is 0 Å². The Hall–Kier alpha value is -2.69. The Labute approximate surface area is 171 Å². The van der Waals surface area contributed by atoms with E-state index in [1.54, 1.807) is 18.2 Å². The first-order valence-corrected chi connectivity index (χ1v) is 10.0. The molecule has 1 unspecified atom stereocenters. The minimum Gasteiger partial charge on any atom is -0.382 e. The van der Waals surface area contributed by atoms with Crippen molar-refractivity contribution in [3.05, 3.63) is 74.1 Å². The van der Waals surface area contributed by atoms with E-state index in [0.717, 1.165) is 17.0 Å². The third-order valence-electron chi connectivity index (χ3n) is 3.87. The van der Waals surface area contributed by atoms with E-state index in [2.05, 4.69) is 5.32 Å². The number of hydrogen-bond donors (Lipinski definition) is 3. The van der Waals surface area contributed by atoms with Crippen LogP contribution in [0.5, 0.6) is 0 Å². The van der Waals surface area contributed by atoms with Gasteiger partial charge < -0.3 is 15.7 Å². The summed E-state index contributed by atoms with van der Waals surface area (Å²) in [5.74, 6) is -2.26. The second-order valence-electron chi connectivity index (χ2n) is 5.90. The lowest BCUT2D eigenvalue weighted by molar-refractivity contribution is -0.138. The first kappa shape index (κ1) is 21.0. The van der Waals surface area contributed by atoms with Gasteiger partial charge in [0.05, 0.1) is 17.8 Å². The molecule has 0 aliphatic rings. The van der Waals surface area contributed by atoms with Crippen LogP contribution in [0, 0.1) is 0 Å². The average Bonchev–Trinajstić information content (AvgIpc) is 3.37. The highest BCUT2D eigenvalue weighted by Crippen LogP contribution is 2.34. The number of aliphatic hydroxyl groups excluding tert-OH is 1. The molecule has 0 radical (unpaired) electrons. The predicted octanol–water partition coefficient (Wildman–Crippen LogP) is 4.17. The number of nitrogens with one attached hydrogen (secondary N) is 2. The summed E-state index contributed by atoms with van der Waals surface area (Å²) >= 11 is 2.68. The molecule has 1 atom stereocenters. The molecule has 1 aromatic carbocycles. The average molecular weight is 440 g/mol. The van der Waals surface area contributed by atoms with E-state index in [4.69, 9.17) is 0 Å². The molecular weight excluding hydrogens is 425 g/mol. The van der Waals surface area contributed by atoms with Crippen molar-refractivity contribution in [2.75, 3.05) is 5.32 Å². The number of para-hydroxylation sites is 1. The largest absolute Gasteiger partial charge is 0.418 e. The lowest BCUT2D eigenvalue weighted by atomic mass is 10.1. The van der Waals surface area contributed by atoms with E-state index in [9.17, 15) is 27.9 Å². The molecule has 0 spiro atoms. The molecule has 0 fully saturated rings. The Morgan fingerprint density at radius 2 is 1.76 bits per heavy atom. The number of anilines is 1. The fourth-order valence-electron chi connectivity index (χ4n) is 2.49. The van der Waals surface area contributed by atoms with Gasteiger partial charge in [0.15, 0.2) is 0 Å². The van der Waals surface area contributed by atoms with Gasteiger partial charge in [0, 0.05) is 14.6 Å². The van der Waals surface area contributed by atoms with Crippen LogP contribution in [0.25, 0.3) is 0 Å². The summed E-state index contributed by atoms with van der Waals surface area (Å²) in [6.07, 6.45) is -5.43. The molecule has 152 valence electrons. The van der Waals surface area contributed by atoms with Crippen molar-refractivity contribution in [3.63, 3.8) is 0 Å². The molecule has 5 nitrogen and oxygen atoms in total. The molecule has 2 aromatic heterocycles. The highest BCUT2D eigenvalue weighted by molar-refractivity contribution is 7.12. The van der Waals surface area contributed by atoms with Crippen LogP contribution in [-0.2, 0) is 22.3 Å². The van der Waals surface area contributed by atoms with Gasteiger partial charge in [0.1, 0.15) is 6.10 Å². The lowest BCUT2D eigenvalue weighted by Crippen LogP contribution is -2.35. The Bertz CT molecular complexity index is 1000. The van der Waals surface area contributed by atoms with Crippen LogP contribution in [0.2, 0.25) is 0 Å². The van der Waals surface area contributed by atoms with Gasteiger partial charge in [-0.1, -0.05) is 18.2 Å². The summed E-state index contributed by atoms with van der Waals surface area (Å²) in [5, 5.41) is 16.5. The van der Waals surface area contributed by atoms with Crippen LogP contribution < -0.4 is 10.6 Å². The summed E-state index contributed by atoms with van der Waals surface area (Å²) in [5.41, 5.74) is -1.52. The van der Waals surface area contributed by atoms with E-state index < -0.39 is 35.3 Å². The highest BCUT2D eigenvalue weighted by atomic mass is 32.1. The van der Waals surface area contributed by atoms with E-state index >= 15 is 0 Å². The second-order valence-corrected chi connectivity index (χ2v) is 8.08. The third-order valence-corrected chi connectivity index (χ3v) is 5.94. The molecule has 3 rings (SSSR count). The molecule has 2 amide bonds. The SMILES string of the molecule is O=C(NCc1ccc(C(O)c2cccs2)s1)C(=O)Nc1ccccc1C(F)(F)F. The Kier molecular flexibility index (Phi) is 6.36. The molecule has 0 aliphatic heterocycles. The van der Waals surface area contributed by atoms with Crippen LogP contribution in [0.1, 0.15) is 26.3 Å². The smallest absolute Gasteiger partial charge is 0.382 e.